The first-order valence-electron chi connectivity index (χ1n) is 6.26. The van der Waals surface area contributed by atoms with Gasteiger partial charge in [0.25, 0.3) is 5.91 Å². The largest absolute Gasteiger partial charge is 0.477 e. The molecule has 0 aliphatic carbocycles. The predicted molar refractivity (Wildman–Crippen MR) is 79.0 cm³/mol. The van der Waals surface area contributed by atoms with E-state index < -0.39 is 5.97 Å². The highest BCUT2D eigenvalue weighted by Gasteiger charge is 2.15. The smallest absolute Gasteiger partial charge is 0.354 e. The van der Waals surface area contributed by atoms with E-state index in [0.29, 0.717) is 16.4 Å². The minimum Gasteiger partial charge on any atom is -0.477 e. The second-order valence-corrected chi connectivity index (χ2v) is 5.17. The van der Waals surface area contributed by atoms with Crippen LogP contribution in [0, 0.1) is 0 Å². The molecule has 2 heterocycles. The molecule has 0 atom stereocenters. The van der Waals surface area contributed by atoms with Crippen molar-refractivity contribution in [3.05, 3.63) is 47.0 Å². The highest BCUT2D eigenvalue weighted by atomic mass is 35.5. The van der Waals surface area contributed by atoms with Crippen LogP contribution >= 0.6 is 11.6 Å². The lowest BCUT2D eigenvalue weighted by Gasteiger charge is -2.12. The Kier molecular flexibility index (Phi) is 4.28. The number of amides is 1. The second kappa shape index (κ2) is 5.97. The molecule has 0 saturated heterocycles. The fourth-order valence-corrected chi connectivity index (χ4v) is 2.05. The molecule has 0 aliphatic rings. The summed E-state index contributed by atoms with van der Waals surface area (Å²) in [6.45, 7) is 3.88. The molecule has 0 fully saturated rings. The molecule has 2 rings (SSSR count). The average molecular weight is 308 g/mol. The number of halogens is 1. The molecule has 6 nitrogen and oxygen atoms in total. The molecule has 1 amide bonds. The molecule has 110 valence electrons. The van der Waals surface area contributed by atoms with E-state index in [9.17, 15) is 9.59 Å². The summed E-state index contributed by atoms with van der Waals surface area (Å²) in [5, 5.41) is 11.9. The molecule has 21 heavy (non-hydrogen) atoms. The molecule has 2 N–H and O–H groups in total. The van der Waals surface area contributed by atoms with Gasteiger partial charge >= 0.3 is 5.97 Å². The Morgan fingerprint density at radius 2 is 2.10 bits per heavy atom. The predicted octanol–water partition coefficient (Wildman–Crippen LogP) is 3.07. The van der Waals surface area contributed by atoms with Gasteiger partial charge in [-0.25, -0.2) is 9.78 Å². The normalized spacial score (nSPS) is 10.7. The second-order valence-electron chi connectivity index (χ2n) is 4.74. The molecule has 0 aromatic carbocycles. The van der Waals surface area contributed by atoms with Gasteiger partial charge in [-0.3, -0.25) is 4.79 Å². The summed E-state index contributed by atoms with van der Waals surface area (Å²) < 4.78 is 1.76. The zero-order chi connectivity index (χ0) is 15.6. The molecule has 0 spiro atoms. The van der Waals surface area contributed by atoms with Crippen molar-refractivity contribution in [3.8, 4) is 0 Å². The summed E-state index contributed by atoms with van der Waals surface area (Å²) >= 11 is 5.93. The van der Waals surface area contributed by atoms with Gasteiger partial charge in [-0.15, -0.1) is 0 Å². The number of aromatic nitrogens is 2. The number of carbonyl (C=O) groups excluding carboxylic acids is 1. The first kappa shape index (κ1) is 15.1. The zero-order valence-electron chi connectivity index (χ0n) is 11.5. The van der Waals surface area contributed by atoms with E-state index in [1.54, 1.807) is 16.8 Å². The van der Waals surface area contributed by atoms with Crippen LogP contribution in [0.5, 0.6) is 0 Å². The average Bonchev–Trinajstić information content (AvgIpc) is 2.82. The Morgan fingerprint density at radius 3 is 2.62 bits per heavy atom. The van der Waals surface area contributed by atoms with E-state index in [1.807, 2.05) is 13.8 Å². The molecule has 0 saturated carbocycles. The quantitative estimate of drug-likeness (QED) is 0.909. The first-order chi connectivity index (χ1) is 9.88. The van der Waals surface area contributed by atoms with Crippen molar-refractivity contribution in [3.63, 3.8) is 0 Å². The fourth-order valence-electron chi connectivity index (χ4n) is 1.84. The van der Waals surface area contributed by atoms with Crippen LogP contribution in [0.25, 0.3) is 0 Å². The van der Waals surface area contributed by atoms with Gasteiger partial charge in [0, 0.05) is 12.2 Å². The Bertz CT molecular complexity index is 677. The number of carbonyl (C=O) groups is 2. The van der Waals surface area contributed by atoms with Crippen LogP contribution in [-0.2, 0) is 0 Å². The fraction of sp³-hybridized carbons (Fsp3) is 0.214. The molecule has 0 unspecified atom stereocenters. The summed E-state index contributed by atoms with van der Waals surface area (Å²) in [6, 6.07) is 4.48. The van der Waals surface area contributed by atoms with Gasteiger partial charge in [0.2, 0.25) is 0 Å². The maximum Gasteiger partial charge on any atom is 0.354 e. The number of hydrogen-bond donors (Lipinski definition) is 2. The van der Waals surface area contributed by atoms with Crippen molar-refractivity contribution in [2.75, 3.05) is 5.32 Å². The summed E-state index contributed by atoms with van der Waals surface area (Å²) in [5.41, 5.74) is 0.761. The number of pyridine rings is 1. The third-order valence-corrected chi connectivity index (χ3v) is 3.05. The van der Waals surface area contributed by atoms with Crippen LogP contribution in [0.3, 0.4) is 0 Å². The van der Waals surface area contributed by atoms with Gasteiger partial charge in [-0.2, -0.15) is 0 Å². The molecule has 0 bridgehead atoms. The summed E-state index contributed by atoms with van der Waals surface area (Å²) in [6.07, 6.45) is 2.98. The molecule has 2 aromatic rings. The number of anilines is 1. The summed E-state index contributed by atoms with van der Waals surface area (Å²) in [4.78, 5) is 26.7. The van der Waals surface area contributed by atoms with E-state index >= 15 is 0 Å². The number of carboxylic acids is 1. The first-order valence-corrected chi connectivity index (χ1v) is 6.64. The van der Waals surface area contributed by atoms with Crippen molar-refractivity contribution in [1.29, 1.82) is 0 Å². The Balaban J connectivity index is 2.20. The lowest BCUT2D eigenvalue weighted by atomic mass is 10.3. The van der Waals surface area contributed by atoms with E-state index in [1.165, 1.54) is 18.3 Å². The zero-order valence-corrected chi connectivity index (χ0v) is 12.3. The standard InChI is InChI=1S/C14H14ClN3O3/c1-8(2)18-7-9(15)5-12(18)13(19)17-10-3-4-11(14(20)21)16-6-10/h3-8H,1-2H3,(H,17,19)(H,20,21). The number of rotatable bonds is 4. The number of hydrogen-bond acceptors (Lipinski definition) is 3. The topological polar surface area (TPSA) is 84.2 Å². The third-order valence-electron chi connectivity index (χ3n) is 2.84. The number of nitrogens with zero attached hydrogens (tertiary/aromatic N) is 2. The van der Waals surface area contributed by atoms with Crippen molar-refractivity contribution in [1.82, 2.24) is 9.55 Å². The molecule has 0 aliphatic heterocycles. The van der Waals surface area contributed by atoms with E-state index in [-0.39, 0.29) is 17.6 Å². The van der Waals surface area contributed by atoms with Crippen molar-refractivity contribution in [2.24, 2.45) is 0 Å². The van der Waals surface area contributed by atoms with Crippen LogP contribution in [0.15, 0.2) is 30.6 Å². The van der Waals surface area contributed by atoms with E-state index in [4.69, 9.17) is 16.7 Å². The lowest BCUT2D eigenvalue weighted by molar-refractivity contribution is 0.0690. The number of aromatic carboxylic acids is 1. The van der Waals surface area contributed by atoms with E-state index in [2.05, 4.69) is 10.3 Å². The van der Waals surface area contributed by atoms with Crippen molar-refractivity contribution < 1.29 is 14.7 Å². The van der Waals surface area contributed by atoms with Gasteiger partial charge in [0.15, 0.2) is 0 Å². The molecular formula is C14H14ClN3O3. The maximum absolute atomic E-state index is 12.2. The minimum absolute atomic E-state index is 0.0819. The third kappa shape index (κ3) is 3.41. The minimum atomic E-state index is -1.12. The van der Waals surface area contributed by atoms with Crippen LogP contribution in [0.2, 0.25) is 5.02 Å². The van der Waals surface area contributed by atoms with Gasteiger partial charge < -0.3 is 15.0 Å². The summed E-state index contributed by atoms with van der Waals surface area (Å²) in [7, 11) is 0. The highest BCUT2D eigenvalue weighted by Crippen LogP contribution is 2.20. The van der Waals surface area contributed by atoms with E-state index in [0.717, 1.165) is 0 Å². The monoisotopic (exact) mass is 307 g/mol. The van der Waals surface area contributed by atoms with Gasteiger partial charge in [-0.1, -0.05) is 11.6 Å². The maximum atomic E-state index is 12.2. The Hall–Kier alpha value is -2.34. The highest BCUT2D eigenvalue weighted by molar-refractivity contribution is 6.31. The molecule has 0 radical (unpaired) electrons. The summed E-state index contributed by atoms with van der Waals surface area (Å²) in [5.74, 6) is -1.45. The SMILES string of the molecule is CC(C)n1cc(Cl)cc1C(=O)Nc1ccc(C(=O)O)nc1. The van der Waals surface area contributed by atoms with Crippen LogP contribution in [0.1, 0.15) is 40.9 Å². The van der Waals surface area contributed by atoms with Gasteiger partial charge in [0.1, 0.15) is 11.4 Å². The number of carboxylic acid groups (broad SMARTS) is 1. The van der Waals surface area contributed by atoms with Crippen LogP contribution < -0.4 is 5.32 Å². The van der Waals surface area contributed by atoms with Gasteiger partial charge in [-0.05, 0) is 32.0 Å². The van der Waals surface area contributed by atoms with Crippen molar-refractivity contribution in [2.45, 2.75) is 19.9 Å². The van der Waals surface area contributed by atoms with Crippen LogP contribution in [0.4, 0.5) is 5.69 Å². The molecular weight excluding hydrogens is 294 g/mol. The lowest BCUT2D eigenvalue weighted by Crippen LogP contribution is -2.18. The molecule has 2 aromatic heterocycles. The number of nitrogens with one attached hydrogen (secondary N) is 1. The molecule has 7 heteroatoms. The van der Waals surface area contributed by atoms with Crippen LogP contribution in [-0.4, -0.2) is 26.5 Å². The Morgan fingerprint density at radius 1 is 1.38 bits per heavy atom. The Labute approximate surface area is 126 Å². The van der Waals surface area contributed by atoms with Gasteiger partial charge in [0.05, 0.1) is 16.9 Å². The van der Waals surface area contributed by atoms with Crippen molar-refractivity contribution >= 4 is 29.2 Å².